The number of nitrogens with zero attached hydrogens (tertiary/aromatic N) is 1. The first-order valence-electron chi connectivity index (χ1n) is 9.95. The molecule has 0 radical (unpaired) electrons. The van der Waals surface area contributed by atoms with Gasteiger partial charge in [-0.3, -0.25) is 0 Å². The van der Waals surface area contributed by atoms with Gasteiger partial charge in [-0.05, 0) is 81.5 Å². The van der Waals surface area contributed by atoms with Crippen LogP contribution in [0.25, 0.3) is 22.2 Å². The van der Waals surface area contributed by atoms with Gasteiger partial charge in [-0.1, -0.05) is 29.8 Å². The minimum Gasteiger partial charge on any atom is -0.372 e. The number of aryl methyl sites for hydroxylation is 2. The Labute approximate surface area is 167 Å². The molecule has 3 N–H and O–H groups in total. The molecule has 1 aromatic heterocycles. The van der Waals surface area contributed by atoms with Gasteiger partial charge >= 0.3 is 0 Å². The van der Waals surface area contributed by atoms with E-state index in [1.54, 1.807) is 0 Å². The molecule has 27 heavy (non-hydrogen) atoms. The molecule has 3 nitrogen and oxygen atoms in total. The third-order valence-electron chi connectivity index (χ3n) is 5.38. The topological polar surface area (TPSA) is 45.0 Å². The summed E-state index contributed by atoms with van der Waals surface area (Å²) < 4.78 is 0. The van der Waals surface area contributed by atoms with Gasteiger partial charge in [0, 0.05) is 29.9 Å². The van der Waals surface area contributed by atoms with E-state index in [2.05, 4.69) is 61.0 Å². The lowest BCUT2D eigenvalue weighted by atomic mass is 9.99. The highest BCUT2D eigenvalue weighted by atomic mass is 35.5. The standard InChI is InChI=1S/C23H30ClN3/c1-4-27(5-2)18-12-10-17(11-13-18)23-19(8-6-7-15-25)21-20(24)14-9-16(3)22(21)26-23/h9-14,26H,4-8,15,25H2,1-3H3. The number of hydrogen-bond donors (Lipinski definition) is 2. The second-order valence-corrected chi connectivity index (χ2v) is 7.46. The van der Waals surface area contributed by atoms with Crippen LogP contribution in [0.4, 0.5) is 5.69 Å². The molecule has 0 saturated heterocycles. The molecule has 3 rings (SSSR count). The van der Waals surface area contributed by atoms with Crippen molar-refractivity contribution >= 4 is 28.2 Å². The van der Waals surface area contributed by atoms with Crippen molar-refractivity contribution in [1.82, 2.24) is 4.98 Å². The summed E-state index contributed by atoms with van der Waals surface area (Å²) in [7, 11) is 0. The fraction of sp³-hybridized carbons (Fsp3) is 0.391. The summed E-state index contributed by atoms with van der Waals surface area (Å²) in [5.41, 5.74) is 13.0. The van der Waals surface area contributed by atoms with E-state index in [4.69, 9.17) is 17.3 Å². The zero-order chi connectivity index (χ0) is 19.4. The molecule has 0 bridgehead atoms. The minimum atomic E-state index is 0.725. The number of benzene rings is 2. The fourth-order valence-electron chi connectivity index (χ4n) is 3.83. The van der Waals surface area contributed by atoms with Crippen LogP contribution in [0.3, 0.4) is 0 Å². The van der Waals surface area contributed by atoms with Crippen LogP contribution in [0, 0.1) is 6.92 Å². The van der Waals surface area contributed by atoms with Crippen LogP contribution in [0.5, 0.6) is 0 Å². The van der Waals surface area contributed by atoms with Gasteiger partial charge in [0.2, 0.25) is 0 Å². The van der Waals surface area contributed by atoms with E-state index in [-0.39, 0.29) is 0 Å². The molecule has 0 atom stereocenters. The van der Waals surface area contributed by atoms with Crippen LogP contribution in [-0.4, -0.2) is 24.6 Å². The number of aromatic nitrogens is 1. The Kier molecular flexibility index (Phi) is 6.46. The lowest BCUT2D eigenvalue weighted by Crippen LogP contribution is -2.21. The molecule has 1 heterocycles. The molecule has 0 aliphatic carbocycles. The first kappa shape index (κ1) is 19.8. The molecule has 3 aromatic rings. The Morgan fingerprint density at radius 3 is 2.33 bits per heavy atom. The van der Waals surface area contributed by atoms with E-state index in [0.29, 0.717) is 0 Å². The largest absolute Gasteiger partial charge is 0.372 e. The van der Waals surface area contributed by atoms with E-state index in [1.165, 1.54) is 28.1 Å². The summed E-state index contributed by atoms with van der Waals surface area (Å²) in [5, 5.41) is 1.98. The normalized spacial score (nSPS) is 11.3. The van der Waals surface area contributed by atoms with Crippen LogP contribution < -0.4 is 10.6 Å². The van der Waals surface area contributed by atoms with Crippen molar-refractivity contribution in [1.29, 1.82) is 0 Å². The van der Waals surface area contributed by atoms with Gasteiger partial charge in [-0.25, -0.2) is 0 Å². The van der Waals surface area contributed by atoms with Crippen LogP contribution in [0.1, 0.15) is 37.8 Å². The fourth-order valence-corrected chi connectivity index (χ4v) is 4.10. The average Bonchev–Trinajstić information content (AvgIpc) is 3.07. The van der Waals surface area contributed by atoms with Gasteiger partial charge in [0.1, 0.15) is 0 Å². The number of nitrogens with one attached hydrogen (secondary N) is 1. The predicted molar refractivity (Wildman–Crippen MR) is 119 cm³/mol. The highest BCUT2D eigenvalue weighted by molar-refractivity contribution is 6.36. The molecule has 0 fully saturated rings. The SMILES string of the molecule is CCN(CC)c1ccc(-c2[nH]c3c(C)ccc(Cl)c3c2CCCCN)cc1. The molecular formula is C23H30ClN3. The molecule has 4 heteroatoms. The van der Waals surface area contributed by atoms with Crippen molar-refractivity contribution in [3.63, 3.8) is 0 Å². The van der Waals surface area contributed by atoms with Crippen LogP contribution in [-0.2, 0) is 6.42 Å². The maximum Gasteiger partial charge on any atom is 0.0506 e. The smallest absolute Gasteiger partial charge is 0.0506 e. The number of rotatable bonds is 8. The molecule has 0 aliphatic heterocycles. The van der Waals surface area contributed by atoms with Crippen molar-refractivity contribution in [2.75, 3.05) is 24.5 Å². The maximum atomic E-state index is 6.60. The number of hydrogen-bond acceptors (Lipinski definition) is 2. The summed E-state index contributed by atoms with van der Waals surface area (Å²) in [5.74, 6) is 0. The highest BCUT2D eigenvalue weighted by Crippen LogP contribution is 2.37. The second kappa shape index (κ2) is 8.81. The summed E-state index contributed by atoms with van der Waals surface area (Å²) in [6, 6.07) is 12.9. The zero-order valence-corrected chi connectivity index (χ0v) is 17.4. The van der Waals surface area contributed by atoms with Crippen molar-refractivity contribution in [3.05, 3.63) is 52.5 Å². The minimum absolute atomic E-state index is 0.725. The lowest BCUT2D eigenvalue weighted by Gasteiger charge is -2.21. The molecule has 144 valence electrons. The van der Waals surface area contributed by atoms with Gasteiger partial charge in [-0.2, -0.15) is 0 Å². The number of unbranched alkanes of at least 4 members (excludes halogenated alkanes) is 1. The number of aromatic amines is 1. The molecular weight excluding hydrogens is 354 g/mol. The first-order chi connectivity index (χ1) is 13.1. The highest BCUT2D eigenvalue weighted by Gasteiger charge is 2.17. The first-order valence-corrected chi connectivity index (χ1v) is 10.3. The Balaban J connectivity index is 2.08. The molecule has 0 aliphatic rings. The lowest BCUT2D eigenvalue weighted by molar-refractivity contribution is 0.748. The monoisotopic (exact) mass is 383 g/mol. The van der Waals surface area contributed by atoms with E-state index < -0.39 is 0 Å². The third kappa shape index (κ3) is 3.99. The van der Waals surface area contributed by atoms with Crippen molar-refractivity contribution < 1.29 is 0 Å². The number of H-pyrrole nitrogens is 1. The van der Waals surface area contributed by atoms with Gasteiger partial charge < -0.3 is 15.6 Å². The summed E-state index contributed by atoms with van der Waals surface area (Å²) >= 11 is 6.60. The summed E-state index contributed by atoms with van der Waals surface area (Å²) in [6.07, 6.45) is 3.07. The van der Waals surface area contributed by atoms with Crippen LogP contribution >= 0.6 is 11.6 Å². The molecule has 0 spiro atoms. The van der Waals surface area contributed by atoms with Crippen molar-refractivity contribution in [2.45, 2.75) is 40.0 Å². The number of fused-ring (bicyclic) bond motifs is 1. The predicted octanol–water partition coefficient (Wildman–Crippen LogP) is 5.92. The molecule has 0 saturated carbocycles. The Hall–Kier alpha value is -1.97. The van der Waals surface area contributed by atoms with Gasteiger partial charge in [-0.15, -0.1) is 0 Å². The van der Waals surface area contributed by atoms with E-state index in [0.717, 1.165) is 54.8 Å². The Morgan fingerprint density at radius 1 is 1.00 bits per heavy atom. The maximum absolute atomic E-state index is 6.60. The number of nitrogens with two attached hydrogens (primary N) is 1. The average molecular weight is 384 g/mol. The van der Waals surface area contributed by atoms with Crippen LogP contribution in [0.2, 0.25) is 5.02 Å². The van der Waals surface area contributed by atoms with E-state index in [9.17, 15) is 0 Å². The quantitative estimate of drug-likeness (QED) is 0.474. The molecule has 2 aromatic carbocycles. The molecule has 0 unspecified atom stereocenters. The Morgan fingerprint density at radius 2 is 1.70 bits per heavy atom. The van der Waals surface area contributed by atoms with E-state index >= 15 is 0 Å². The van der Waals surface area contributed by atoms with Gasteiger partial charge in [0.15, 0.2) is 0 Å². The summed E-state index contributed by atoms with van der Waals surface area (Å²) in [6.45, 7) is 9.27. The van der Waals surface area contributed by atoms with E-state index in [1.807, 2.05) is 6.07 Å². The zero-order valence-electron chi connectivity index (χ0n) is 16.6. The molecule has 0 amide bonds. The second-order valence-electron chi connectivity index (χ2n) is 7.06. The van der Waals surface area contributed by atoms with Crippen molar-refractivity contribution in [3.8, 4) is 11.3 Å². The summed E-state index contributed by atoms with van der Waals surface area (Å²) in [4.78, 5) is 6.02. The Bertz CT molecular complexity index is 892. The van der Waals surface area contributed by atoms with Gasteiger partial charge in [0.05, 0.1) is 10.5 Å². The number of halogens is 1. The van der Waals surface area contributed by atoms with Crippen molar-refractivity contribution in [2.24, 2.45) is 5.73 Å². The van der Waals surface area contributed by atoms with Gasteiger partial charge in [0.25, 0.3) is 0 Å². The number of anilines is 1. The van der Waals surface area contributed by atoms with Crippen LogP contribution in [0.15, 0.2) is 36.4 Å². The third-order valence-corrected chi connectivity index (χ3v) is 5.70.